The minimum Gasteiger partial charge on any atom is -0.281 e. The molecule has 0 saturated heterocycles. The van der Waals surface area contributed by atoms with E-state index < -0.39 is 0 Å². The Labute approximate surface area is 108 Å². The average molecular weight is 258 g/mol. The maximum atomic E-state index is 11.0. The van der Waals surface area contributed by atoms with E-state index >= 15 is 0 Å². The van der Waals surface area contributed by atoms with Gasteiger partial charge in [-0.3, -0.25) is 4.40 Å². The molecule has 88 valence electrons. The second kappa shape index (κ2) is 4.23. The van der Waals surface area contributed by atoms with Gasteiger partial charge in [0, 0.05) is 11.8 Å². The summed E-state index contributed by atoms with van der Waals surface area (Å²) in [5.74, 6) is 0.263. The maximum absolute atomic E-state index is 11.0. The molecule has 0 saturated carbocycles. The van der Waals surface area contributed by atoms with Gasteiger partial charge in [0.15, 0.2) is 0 Å². The van der Waals surface area contributed by atoms with Gasteiger partial charge < -0.3 is 0 Å². The summed E-state index contributed by atoms with van der Waals surface area (Å²) in [4.78, 5) is 15.4. The Morgan fingerprint density at radius 1 is 1.11 bits per heavy atom. The SMILES string of the molecule is O=Nc1c(-c2ccccc2Cl)nc2ccccn12. The van der Waals surface area contributed by atoms with E-state index in [1.54, 1.807) is 16.7 Å². The van der Waals surface area contributed by atoms with Crippen molar-refractivity contribution in [3.05, 3.63) is 58.6 Å². The molecule has 5 heteroatoms. The Balaban J connectivity index is 2.36. The van der Waals surface area contributed by atoms with Crippen LogP contribution in [0.1, 0.15) is 0 Å². The van der Waals surface area contributed by atoms with Crippen molar-refractivity contribution in [2.45, 2.75) is 0 Å². The molecule has 3 rings (SSSR count). The van der Waals surface area contributed by atoms with E-state index in [4.69, 9.17) is 11.6 Å². The Bertz CT molecular complexity index is 736. The first-order chi connectivity index (χ1) is 8.81. The molecule has 18 heavy (non-hydrogen) atoms. The lowest BCUT2D eigenvalue weighted by Gasteiger charge is -1.99. The summed E-state index contributed by atoms with van der Waals surface area (Å²) in [6, 6.07) is 12.7. The highest BCUT2D eigenvalue weighted by Crippen LogP contribution is 2.34. The molecule has 3 aromatic rings. The highest BCUT2D eigenvalue weighted by molar-refractivity contribution is 6.33. The molecule has 2 aromatic heterocycles. The highest BCUT2D eigenvalue weighted by atomic mass is 35.5. The summed E-state index contributed by atoms with van der Waals surface area (Å²) < 4.78 is 1.64. The van der Waals surface area contributed by atoms with Crippen LogP contribution in [0, 0.1) is 4.91 Å². The van der Waals surface area contributed by atoms with E-state index in [-0.39, 0.29) is 5.82 Å². The smallest absolute Gasteiger partial charge is 0.209 e. The molecule has 0 unspecified atom stereocenters. The monoisotopic (exact) mass is 257 g/mol. The van der Waals surface area contributed by atoms with Crippen molar-refractivity contribution in [2.24, 2.45) is 5.18 Å². The molecule has 0 amide bonds. The first-order valence-electron chi connectivity index (χ1n) is 5.36. The molecule has 0 aliphatic rings. The third kappa shape index (κ3) is 1.58. The molecule has 0 fully saturated rings. The first kappa shape index (κ1) is 10.9. The van der Waals surface area contributed by atoms with Gasteiger partial charge in [-0.2, -0.15) is 0 Å². The van der Waals surface area contributed by atoms with Crippen molar-refractivity contribution < 1.29 is 0 Å². The summed E-state index contributed by atoms with van der Waals surface area (Å²) in [7, 11) is 0. The molecule has 2 heterocycles. The number of nitroso groups, excluding NO2 is 1. The van der Waals surface area contributed by atoms with Gasteiger partial charge in [-0.05, 0) is 23.4 Å². The maximum Gasteiger partial charge on any atom is 0.209 e. The van der Waals surface area contributed by atoms with Crippen LogP contribution in [0.4, 0.5) is 5.82 Å². The van der Waals surface area contributed by atoms with Crippen molar-refractivity contribution in [1.82, 2.24) is 9.38 Å². The molecular formula is C13H8ClN3O. The van der Waals surface area contributed by atoms with Crippen molar-refractivity contribution >= 4 is 23.1 Å². The quantitative estimate of drug-likeness (QED) is 0.650. The van der Waals surface area contributed by atoms with Gasteiger partial charge >= 0.3 is 0 Å². The van der Waals surface area contributed by atoms with E-state index in [2.05, 4.69) is 10.2 Å². The molecule has 0 bridgehead atoms. The second-order valence-electron chi connectivity index (χ2n) is 3.78. The number of benzene rings is 1. The summed E-state index contributed by atoms with van der Waals surface area (Å²) in [6.45, 7) is 0. The lowest BCUT2D eigenvalue weighted by atomic mass is 10.1. The molecule has 0 aliphatic heterocycles. The summed E-state index contributed by atoms with van der Waals surface area (Å²) in [5.41, 5.74) is 1.88. The minimum absolute atomic E-state index is 0.263. The molecule has 0 aliphatic carbocycles. The standard InChI is InChI=1S/C13H8ClN3O/c14-10-6-2-1-5-9(10)12-13(16-18)17-8-4-3-7-11(17)15-12/h1-8H. The van der Waals surface area contributed by atoms with Gasteiger partial charge in [-0.1, -0.05) is 35.9 Å². The number of pyridine rings is 1. The van der Waals surface area contributed by atoms with Crippen LogP contribution in [0.15, 0.2) is 53.8 Å². The van der Waals surface area contributed by atoms with Crippen LogP contribution in [0.5, 0.6) is 0 Å². The zero-order valence-corrected chi connectivity index (χ0v) is 10.0. The molecular weight excluding hydrogens is 250 g/mol. The van der Waals surface area contributed by atoms with Gasteiger partial charge in [0.05, 0.1) is 5.02 Å². The first-order valence-corrected chi connectivity index (χ1v) is 5.74. The van der Waals surface area contributed by atoms with Crippen molar-refractivity contribution in [1.29, 1.82) is 0 Å². The summed E-state index contributed by atoms with van der Waals surface area (Å²) >= 11 is 6.12. The number of halogens is 1. The Hall–Kier alpha value is -2.20. The fourth-order valence-electron chi connectivity index (χ4n) is 1.90. The van der Waals surface area contributed by atoms with Crippen LogP contribution in [0.3, 0.4) is 0 Å². The predicted molar refractivity (Wildman–Crippen MR) is 71.1 cm³/mol. The van der Waals surface area contributed by atoms with Gasteiger partial charge in [-0.15, -0.1) is 4.91 Å². The number of imidazole rings is 1. The molecule has 0 spiro atoms. The van der Waals surface area contributed by atoms with Crippen molar-refractivity contribution in [3.63, 3.8) is 0 Å². The van der Waals surface area contributed by atoms with Gasteiger partial charge in [-0.25, -0.2) is 4.98 Å². The molecule has 0 radical (unpaired) electrons. The number of hydrogen-bond acceptors (Lipinski definition) is 3. The van der Waals surface area contributed by atoms with E-state index in [0.717, 1.165) is 0 Å². The van der Waals surface area contributed by atoms with Gasteiger partial charge in [0.25, 0.3) is 0 Å². The zero-order chi connectivity index (χ0) is 12.5. The largest absolute Gasteiger partial charge is 0.281 e. The molecule has 1 aromatic carbocycles. The van der Waals surface area contributed by atoms with Crippen LogP contribution >= 0.6 is 11.6 Å². The Kier molecular flexibility index (Phi) is 2.57. The third-order valence-electron chi connectivity index (χ3n) is 2.72. The second-order valence-corrected chi connectivity index (χ2v) is 4.19. The molecule has 4 nitrogen and oxygen atoms in total. The van der Waals surface area contributed by atoms with E-state index in [9.17, 15) is 4.91 Å². The lowest BCUT2D eigenvalue weighted by molar-refractivity contribution is 1.16. The van der Waals surface area contributed by atoms with Crippen molar-refractivity contribution in [3.8, 4) is 11.3 Å². The van der Waals surface area contributed by atoms with Crippen LogP contribution in [0.2, 0.25) is 5.02 Å². The molecule has 0 N–H and O–H groups in total. The third-order valence-corrected chi connectivity index (χ3v) is 3.05. The lowest BCUT2D eigenvalue weighted by Crippen LogP contribution is -1.81. The number of hydrogen-bond donors (Lipinski definition) is 0. The number of aromatic nitrogens is 2. The van der Waals surface area contributed by atoms with Crippen LogP contribution in [0.25, 0.3) is 16.9 Å². The fourth-order valence-corrected chi connectivity index (χ4v) is 2.13. The number of fused-ring (bicyclic) bond motifs is 1. The summed E-state index contributed by atoms with van der Waals surface area (Å²) in [6.07, 6.45) is 1.75. The highest BCUT2D eigenvalue weighted by Gasteiger charge is 2.16. The van der Waals surface area contributed by atoms with Gasteiger partial charge in [0.2, 0.25) is 5.82 Å². The van der Waals surface area contributed by atoms with Crippen LogP contribution in [-0.4, -0.2) is 9.38 Å². The zero-order valence-electron chi connectivity index (χ0n) is 9.25. The Morgan fingerprint density at radius 2 is 1.89 bits per heavy atom. The number of rotatable bonds is 2. The van der Waals surface area contributed by atoms with Gasteiger partial charge in [0.1, 0.15) is 11.3 Å². The van der Waals surface area contributed by atoms with E-state index in [1.807, 2.05) is 36.4 Å². The van der Waals surface area contributed by atoms with Crippen LogP contribution in [-0.2, 0) is 0 Å². The topological polar surface area (TPSA) is 46.7 Å². The van der Waals surface area contributed by atoms with E-state index in [1.165, 1.54) is 0 Å². The van der Waals surface area contributed by atoms with Crippen molar-refractivity contribution in [2.75, 3.05) is 0 Å². The minimum atomic E-state index is 0.263. The number of nitrogens with zero attached hydrogens (tertiary/aromatic N) is 3. The average Bonchev–Trinajstić information content (AvgIpc) is 2.77. The summed E-state index contributed by atoms with van der Waals surface area (Å²) in [5, 5.41) is 3.62. The van der Waals surface area contributed by atoms with Crippen LogP contribution < -0.4 is 0 Å². The fraction of sp³-hybridized carbons (Fsp3) is 0. The predicted octanol–water partition coefficient (Wildman–Crippen LogP) is 4.05. The normalized spacial score (nSPS) is 10.7. The van der Waals surface area contributed by atoms with E-state index in [0.29, 0.717) is 21.9 Å². The molecule has 0 atom stereocenters. The Morgan fingerprint density at radius 3 is 2.67 bits per heavy atom.